The van der Waals surface area contributed by atoms with E-state index in [4.69, 9.17) is 0 Å². The van der Waals surface area contributed by atoms with Crippen LogP contribution in [-0.4, -0.2) is 25.3 Å². The largest absolute Gasteiger partial charge is 0.290 e. The number of carbonyl (C=O) groups excluding carboxylic acids is 1. The normalized spacial score (nSPS) is 12.5. The molecule has 0 aromatic carbocycles. The fourth-order valence-electron chi connectivity index (χ4n) is 1.83. The molecular weight excluding hydrogens is 436 g/mol. The van der Waals surface area contributed by atoms with Gasteiger partial charge >= 0.3 is 0 Å². The van der Waals surface area contributed by atoms with Crippen LogP contribution in [-0.2, 0) is 18.9 Å². The van der Waals surface area contributed by atoms with Crippen molar-refractivity contribution in [1.82, 2.24) is 19.6 Å². The van der Waals surface area contributed by atoms with E-state index in [-0.39, 0.29) is 5.78 Å². The molecule has 0 saturated carbocycles. The molecule has 0 aliphatic carbocycles. The second kappa shape index (κ2) is 8.75. The molecule has 2 aromatic heterocycles. The SMILES string of the molecule is Cn1cc(Br)c(/C=C/C=C/C(=O)/C=C/C=C/c2nn(C)cc2Br)n1. The molecule has 2 heterocycles. The molecule has 0 unspecified atom stereocenters. The van der Waals surface area contributed by atoms with E-state index in [1.807, 2.05) is 38.6 Å². The number of hydrogen-bond acceptors (Lipinski definition) is 3. The maximum atomic E-state index is 11.7. The molecular formula is C17H16Br2N4O. The van der Waals surface area contributed by atoms with Gasteiger partial charge in [-0.2, -0.15) is 10.2 Å². The average molecular weight is 452 g/mol. The number of rotatable bonds is 6. The predicted molar refractivity (Wildman–Crippen MR) is 103 cm³/mol. The van der Waals surface area contributed by atoms with Crippen LogP contribution >= 0.6 is 31.9 Å². The minimum Gasteiger partial charge on any atom is -0.290 e. The third-order valence-electron chi connectivity index (χ3n) is 2.87. The second-order valence-corrected chi connectivity index (χ2v) is 6.62. The van der Waals surface area contributed by atoms with Crippen molar-refractivity contribution in [2.24, 2.45) is 14.1 Å². The fourth-order valence-corrected chi connectivity index (χ4v) is 2.84. The summed E-state index contributed by atoms with van der Waals surface area (Å²) in [5.41, 5.74) is 1.63. The number of aromatic nitrogens is 4. The number of halogens is 2. The van der Waals surface area contributed by atoms with Crippen LogP contribution in [0.3, 0.4) is 0 Å². The van der Waals surface area contributed by atoms with Crippen LogP contribution < -0.4 is 0 Å². The van der Waals surface area contributed by atoms with Crippen molar-refractivity contribution in [3.63, 3.8) is 0 Å². The van der Waals surface area contributed by atoms with E-state index < -0.39 is 0 Å². The first-order valence-electron chi connectivity index (χ1n) is 7.07. The lowest BCUT2D eigenvalue weighted by Gasteiger charge is -1.85. The molecule has 0 N–H and O–H groups in total. The molecule has 0 aliphatic heterocycles. The van der Waals surface area contributed by atoms with E-state index in [2.05, 4.69) is 42.1 Å². The van der Waals surface area contributed by atoms with Crippen LogP contribution in [0, 0.1) is 0 Å². The third kappa shape index (κ3) is 5.58. The summed E-state index contributed by atoms with van der Waals surface area (Å²) in [4.78, 5) is 11.7. The predicted octanol–water partition coefficient (Wildman–Crippen LogP) is 4.09. The zero-order valence-electron chi connectivity index (χ0n) is 13.2. The number of hydrogen-bond donors (Lipinski definition) is 0. The van der Waals surface area contributed by atoms with Gasteiger partial charge in [0, 0.05) is 26.5 Å². The Kier molecular flexibility index (Phi) is 6.69. The van der Waals surface area contributed by atoms with Gasteiger partial charge in [-0.1, -0.05) is 24.3 Å². The van der Waals surface area contributed by atoms with Gasteiger partial charge in [0.05, 0.1) is 20.3 Å². The van der Waals surface area contributed by atoms with E-state index in [1.54, 1.807) is 33.7 Å². The number of ketones is 1. The monoisotopic (exact) mass is 450 g/mol. The van der Waals surface area contributed by atoms with E-state index in [9.17, 15) is 4.79 Å². The molecule has 24 heavy (non-hydrogen) atoms. The molecule has 0 aliphatic rings. The van der Waals surface area contributed by atoms with Gasteiger partial charge in [0.15, 0.2) is 5.78 Å². The summed E-state index contributed by atoms with van der Waals surface area (Å²) in [5, 5.41) is 8.51. The summed E-state index contributed by atoms with van der Waals surface area (Å²) >= 11 is 6.82. The van der Waals surface area contributed by atoms with E-state index in [1.165, 1.54) is 12.2 Å². The Morgan fingerprint density at radius 3 is 1.62 bits per heavy atom. The van der Waals surface area contributed by atoms with Crippen molar-refractivity contribution in [2.75, 3.05) is 0 Å². The van der Waals surface area contributed by atoms with Gasteiger partial charge < -0.3 is 0 Å². The Balaban J connectivity index is 1.86. The fraction of sp³-hybridized carbons (Fsp3) is 0.118. The quantitative estimate of drug-likeness (QED) is 0.491. The molecule has 0 bridgehead atoms. The van der Waals surface area contributed by atoms with E-state index in [0.29, 0.717) is 0 Å². The van der Waals surface area contributed by atoms with Crippen LogP contribution in [0.15, 0.2) is 57.8 Å². The topological polar surface area (TPSA) is 52.7 Å². The van der Waals surface area contributed by atoms with Gasteiger partial charge in [0.25, 0.3) is 0 Å². The van der Waals surface area contributed by atoms with Gasteiger partial charge in [-0.3, -0.25) is 14.2 Å². The lowest BCUT2D eigenvalue weighted by molar-refractivity contribution is -0.110. The van der Waals surface area contributed by atoms with Gasteiger partial charge in [-0.05, 0) is 56.2 Å². The first kappa shape index (κ1) is 18.4. The summed E-state index contributed by atoms with van der Waals surface area (Å²) in [6.45, 7) is 0. The molecule has 0 saturated heterocycles. The Hall–Kier alpha value is -1.99. The molecule has 0 radical (unpaired) electrons. The molecule has 2 rings (SSSR count). The number of nitrogens with zero attached hydrogens (tertiary/aromatic N) is 4. The second-order valence-electron chi connectivity index (χ2n) is 4.91. The zero-order chi connectivity index (χ0) is 17.5. The van der Waals surface area contributed by atoms with Crippen molar-refractivity contribution in [1.29, 1.82) is 0 Å². The average Bonchev–Trinajstić information content (AvgIpc) is 3.01. The molecule has 124 valence electrons. The van der Waals surface area contributed by atoms with Gasteiger partial charge in [0.1, 0.15) is 0 Å². The summed E-state index contributed by atoms with van der Waals surface area (Å²) in [6, 6.07) is 0. The van der Waals surface area contributed by atoms with Crippen molar-refractivity contribution in [3.8, 4) is 0 Å². The molecule has 0 amide bonds. The molecule has 0 atom stereocenters. The van der Waals surface area contributed by atoms with Crippen molar-refractivity contribution >= 4 is 49.8 Å². The van der Waals surface area contributed by atoms with Crippen LogP contribution in [0.1, 0.15) is 11.4 Å². The minimum absolute atomic E-state index is 0.0931. The van der Waals surface area contributed by atoms with Crippen molar-refractivity contribution < 1.29 is 4.79 Å². The molecule has 0 fully saturated rings. The highest BCUT2D eigenvalue weighted by molar-refractivity contribution is 9.10. The van der Waals surface area contributed by atoms with Crippen LogP contribution in [0.5, 0.6) is 0 Å². The van der Waals surface area contributed by atoms with Crippen LogP contribution in [0.25, 0.3) is 12.2 Å². The number of carbonyl (C=O) groups is 1. The first-order valence-corrected chi connectivity index (χ1v) is 8.66. The van der Waals surface area contributed by atoms with E-state index in [0.717, 1.165) is 20.3 Å². The number of allylic oxidation sites excluding steroid dienone is 6. The molecule has 2 aromatic rings. The highest BCUT2D eigenvalue weighted by Gasteiger charge is 1.99. The summed E-state index contributed by atoms with van der Waals surface area (Å²) < 4.78 is 5.25. The maximum absolute atomic E-state index is 11.7. The molecule has 5 nitrogen and oxygen atoms in total. The standard InChI is InChI=1S/C17H16Br2N4O/c1-22-11-14(18)16(20-22)9-5-3-7-13(24)8-4-6-10-17-15(19)12-23(2)21-17/h3-12H,1-2H3/b7-3+,8-4+,9-5+,10-6+. The maximum Gasteiger partial charge on any atom is 0.178 e. The van der Waals surface area contributed by atoms with Crippen LogP contribution in [0.4, 0.5) is 0 Å². The van der Waals surface area contributed by atoms with Gasteiger partial charge in [0.2, 0.25) is 0 Å². The first-order chi connectivity index (χ1) is 11.5. The van der Waals surface area contributed by atoms with Crippen molar-refractivity contribution in [2.45, 2.75) is 0 Å². The van der Waals surface area contributed by atoms with Gasteiger partial charge in [-0.25, -0.2) is 0 Å². The van der Waals surface area contributed by atoms with Crippen molar-refractivity contribution in [3.05, 3.63) is 69.2 Å². The summed E-state index contributed by atoms with van der Waals surface area (Å²) in [7, 11) is 3.70. The minimum atomic E-state index is -0.0931. The smallest absolute Gasteiger partial charge is 0.178 e. The van der Waals surface area contributed by atoms with Crippen LogP contribution in [0.2, 0.25) is 0 Å². The lowest BCUT2D eigenvalue weighted by atomic mass is 10.3. The molecule has 0 spiro atoms. The Morgan fingerprint density at radius 1 is 0.875 bits per heavy atom. The summed E-state index contributed by atoms with van der Waals surface area (Å²) in [5.74, 6) is -0.0931. The zero-order valence-corrected chi connectivity index (χ0v) is 16.4. The highest BCUT2D eigenvalue weighted by Crippen LogP contribution is 2.16. The lowest BCUT2D eigenvalue weighted by Crippen LogP contribution is -1.86. The molecule has 7 heteroatoms. The Labute approximate surface area is 157 Å². The van der Waals surface area contributed by atoms with Gasteiger partial charge in [-0.15, -0.1) is 0 Å². The Bertz CT molecular complexity index is 773. The van der Waals surface area contributed by atoms with E-state index >= 15 is 0 Å². The number of aryl methyl sites for hydroxylation is 2. The highest BCUT2D eigenvalue weighted by atomic mass is 79.9. The summed E-state index contributed by atoms with van der Waals surface area (Å²) in [6.07, 6.45) is 17.3. The Morgan fingerprint density at radius 2 is 1.29 bits per heavy atom. The third-order valence-corrected chi connectivity index (χ3v) is 4.09.